The molecule has 7 atom stereocenters. The fourth-order valence-electron chi connectivity index (χ4n) is 2.29. The quantitative estimate of drug-likeness (QED) is 0.299. The number of esters is 1. The predicted octanol–water partition coefficient (Wildman–Crippen LogP) is -2.68. The summed E-state index contributed by atoms with van der Waals surface area (Å²) in [5.41, 5.74) is 5.45. The molecule has 0 aromatic heterocycles. The molecule has 1 aliphatic rings. The number of rotatable bonds is 7. The minimum Gasteiger partial charge on any atom is -0.479 e. The van der Waals surface area contributed by atoms with Gasteiger partial charge < -0.3 is 40.6 Å². The number of aliphatic carboxylic acids is 1. The number of nitrogens with two attached hydrogens (primary N) is 1. The van der Waals surface area contributed by atoms with Crippen molar-refractivity contribution in [3.63, 3.8) is 0 Å². The summed E-state index contributed by atoms with van der Waals surface area (Å²) in [7, 11) is 0. The molecule has 0 saturated carbocycles. The smallest absolute Gasteiger partial charge is 0.332 e. The SMILES string of the molecule is CC(=O)N[C@@H]1[C@@H](OC(C)C(=O)O)[C@H](OC(=O)[C@H](C)N)[C@@H](CO)O[C@@H]1O. The van der Waals surface area contributed by atoms with Crippen LogP contribution in [-0.4, -0.2) is 82.6 Å². The van der Waals surface area contributed by atoms with Crippen molar-refractivity contribution in [2.24, 2.45) is 5.73 Å². The summed E-state index contributed by atoms with van der Waals surface area (Å²) < 4.78 is 15.7. The Balaban J connectivity index is 3.17. The molecule has 0 spiro atoms. The summed E-state index contributed by atoms with van der Waals surface area (Å²) in [4.78, 5) is 34.3. The molecule has 0 aromatic rings. The van der Waals surface area contributed by atoms with Crippen molar-refractivity contribution in [2.45, 2.75) is 63.6 Å². The monoisotopic (exact) mass is 364 g/mol. The first-order chi connectivity index (χ1) is 11.6. The molecule has 1 rings (SSSR count). The van der Waals surface area contributed by atoms with Crippen LogP contribution in [0.5, 0.6) is 0 Å². The number of aliphatic hydroxyl groups excluding tert-OH is 2. The average molecular weight is 364 g/mol. The molecule has 144 valence electrons. The van der Waals surface area contributed by atoms with Gasteiger partial charge >= 0.3 is 11.9 Å². The van der Waals surface area contributed by atoms with Gasteiger partial charge in [-0.1, -0.05) is 0 Å². The van der Waals surface area contributed by atoms with Crippen LogP contribution in [0.4, 0.5) is 0 Å². The van der Waals surface area contributed by atoms with Gasteiger partial charge in [0.05, 0.1) is 6.61 Å². The van der Waals surface area contributed by atoms with Gasteiger partial charge in [-0.2, -0.15) is 0 Å². The van der Waals surface area contributed by atoms with Gasteiger partial charge in [-0.15, -0.1) is 0 Å². The third-order valence-corrected chi connectivity index (χ3v) is 3.55. The highest BCUT2D eigenvalue weighted by Gasteiger charge is 2.49. The van der Waals surface area contributed by atoms with E-state index in [0.29, 0.717) is 0 Å². The number of carboxylic acids is 1. The highest BCUT2D eigenvalue weighted by atomic mass is 16.7. The number of carbonyl (C=O) groups excluding carboxylic acids is 2. The van der Waals surface area contributed by atoms with Gasteiger partial charge in [0.15, 0.2) is 18.5 Å². The molecule has 1 heterocycles. The molecule has 1 fully saturated rings. The zero-order valence-corrected chi connectivity index (χ0v) is 14.1. The number of hydrogen-bond acceptors (Lipinski definition) is 9. The van der Waals surface area contributed by atoms with Gasteiger partial charge in [0.1, 0.15) is 24.3 Å². The first-order valence-corrected chi connectivity index (χ1v) is 7.64. The third kappa shape index (κ3) is 5.61. The van der Waals surface area contributed by atoms with Gasteiger partial charge in [-0.25, -0.2) is 4.79 Å². The molecular weight excluding hydrogens is 340 g/mol. The van der Waals surface area contributed by atoms with E-state index in [1.807, 2.05) is 0 Å². The van der Waals surface area contributed by atoms with Crippen LogP contribution >= 0.6 is 0 Å². The summed E-state index contributed by atoms with van der Waals surface area (Å²) in [6.07, 6.45) is -6.75. The molecule has 11 nitrogen and oxygen atoms in total. The van der Waals surface area contributed by atoms with Gasteiger partial charge in [-0.05, 0) is 13.8 Å². The highest BCUT2D eigenvalue weighted by Crippen LogP contribution is 2.26. The van der Waals surface area contributed by atoms with Crippen molar-refractivity contribution in [2.75, 3.05) is 6.61 Å². The van der Waals surface area contributed by atoms with E-state index in [1.165, 1.54) is 20.8 Å². The van der Waals surface area contributed by atoms with Crippen molar-refractivity contribution in [3.05, 3.63) is 0 Å². The molecule has 1 saturated heterocycles. The minimum absolute atomic E-state index is 0.552. The Morgan fingerprint density at radius 3 is 2.32 bits per heavy atom. The van der Waals surface area contributed by atoms with Crippen LogP contribution in [0.15, 0.2) is 0 Å². The van der Waals surface area contributed by atoms with Crippen LogP contribution in [0.2, 0.25) is 0 Å². The maximum atomic E-state index is 11.8. The number of carbonyl (C=O) groups is 3. The summed E-state index contributed by atoms with van der Waals surface area (Å²) in [5.74, 6) is -2.70. The molecule has 0 aromatic carbocycles. The summed E-state index contributed by atoms with van der Waals surface area (Å²) >= 11 is 0. The third-order valence-electron chi connectivity index (χ3n) is 3.55. The maximum absolute atomic E-state index is 11.8. The van der Waals surface area contributed by atoms with Crippen LogP contribution in [0.3, 0.4) is 0 Å². The molecule has 1 amide bonds. The lowest BCUT2D eigenvalue weighted by Gasteiger charge is -2.44. The minimum atomic E-state index is -1.61. The normalized spacial score (nSPS) is 31.7. The number of aliphatic hydroxyl groups is 2. The summed E-state index contributed by atoms with van der Waals surface area (Å²) in [5, 5.41) is 30.9. The maximum Gasteiger partial charge on any atom is 0.332 e. The van der Waals surface area contributed by atoms with Crippen LogP contribution in [0.25, 0.3) is 0 Å². The van der Waals surface area contributed by atoms with Gasteiger partial charge in [0, 0.05) is 6.92 Å². The zero-order chi connectivity index (χ0) is 19.3. The Kier molecular flexibility index (Phi) is 7.70. The van der Waals surface area contributed by atoms with E-state index in [9.17, 15) is 24.6 Å². The van der Waals surface area contributed by atoms with E-state index >= 15 is 0 Å². The first-order valence-electron chi connectivity index (χ1n) is 7.64. The van der Waals surface area contributed by atoms with Crippen LogP contribution in [0, 0.1) is 0 Å². The van der Waals surface area contributed by atoms with Crippen molar-refractivity contribution in [3.8, 4) is 0 Å². The van der Waals surface area contributed by atoms with Crippen molar-refractivity contribution < 1.29 is 43.9 Å². The van der Waals surface area contributed by atoms with Crippen molar-refractivity contribution in [1.29, 1.82) is 0 Å². The lowest BCUT2D eigenvalue weighted by molar-refractivity contribution is -0.272. The van der Waals surface area contributed by atoms with Crippen molar-refractivity contribution >= 4 is 17.8 Å². The van der Waals surface area contributed by atoms with E-state index in [4.69, 9.17) is 25.1 Å². The lowest BCUT2D eigenvalue weighted by Crippen LogP contribution is -2.66. The molecule has 11 heteroatoms. The molecule has 1 unspecified atom stereocenters. The van der Waals surface area contributed by atoms with E-state index in [-0.39, 0.29) is 0 Å². The second-order valence-corrected chi connectivity index (χ2v) is 5.75. The average Bonchev–Trinajstić information content (AvgIpc) is 2.51. The standard InChI is InChI=1S/C14H24N2O9/c1-5(15)13(21)25-10-8(4-17)24-14(22)9(16-7(3)18)11(10)23-6(2)12(19)20/h5-6,8-11,14,17,22H,4,15H2,1-3H3,(H,16,18)(H,19,20)/t5-,6?,8+,9+,10+,11+,14-/m0/s1. The van der Waals surface area contributed by atoms with E-state index in [1.54, 1.807) is 0 Å². The largest absolute Gasteiger partial charge is 0.479 e. The highest BCUT2D eigenvalue weighted by molar-refractivity contribution is 5.75. The van der Waals surface area contributed by atoms with E-state index in [2.05, 4.69) is 5.32 Å². The van der Waals surface area contributed by atoms with Gasteiger partial charge in [0.25, 0.3) is 0 Å². The zero-order valence-electron chi connectivity index (χ0n) is 14.1. The molecule has 25 heavy (non-hydrogen) atoms. The fraction of sp³-hybridized carbons (Fsp3) is 0.786. The summed E-state index contributed by atoms with van der Waals surface area (Å²) in [6.45, 7) is 3.12. The van der Waals surface area contributed by atoms with Crippen LogP contribution in [-0.2, 0) is 28.6 Å². The second-order valence-electron chi connectivity index (χ2n) is 5.75. The molecular formula is C14H24N2O9. The summed E-state index contributed by atoms with van der Waals surface area (Å²) in [6, 6.07) is -2.23. The number of nitrogens with one attached hydrogen (secondary N) is 1. The first kappa shape index (κ1) is 21.3. The lowest BCUT2D eigenvalue weighted by atomic mass is 9.96. The van der Waals surface area contributed by atoms with Crippen LogP contribution < -0.4 is 11.1 Å². The number of ether oxygens (including phenoxy) is 3. The van der Waals surface area contributed by atoms with Gasteiger partial charge in [-0.3, -0.25) is 9.59 Å². The van der Waals surface area contributed by atoms with E-state index in [0.717, 1.165) is 0 Å². The predicted molar refractivity (Wildman–Crippen MR) is 81.1 cm³/mol. The Labute approximate surface area is 144 Å². The van der Waals surface area contributed by atoms with Gasteiger partial charge in [0.2, 0.25) is 5.91 Å². The molecule has 1 aliphatic heterocycles. The molecule has 0 bridgehead atoms. The van der Waals surface area contributed by atoms with Crippen LogP contribution in [0.1, 0.15) is 20.8 Å². The number of carboxylic acid groups (broad SMARTS) is 1. The van der Waals surface area contributed by atoms with E-state index < -0.39 is 67.2 Å². The molecule has 0 aliphatic carbocycles. The number of amides is 1. The Morgan fingerprint density at radius 1 is 1.28 bits per heavy atom. The topological polar surface area (TPSA) is 178 Å². The van der Waals surface area contributed by atoms with Crippen molar-refractivity contribution in [1.82, 2.24) is 5.32 Å². The Bertz CT molecular complexity index is 499. The number of hydrogen-bond donors (Lipinski definition) is 5. The molecule has 6 N–H and O–H groups in total. The second kappa shape index (κ2) is 9.06. The molecule has 0 radical (unpaired) electrons. The Hall–Kier alpha value is -1.79. The Morgan fingerprint density at radius 2 is 1.88 bits per heavy atom. The fourth-order valence-corrected chi connectivity index (χ4v) is 2.29.